The Balaban J connectivity index is 0.908. The first kappa shape index (κ1) is 43.2. The Hall–Kier alpha value is -9.64. The van der Waals surface area contributed by atoms with Crippen LogP contribution in [0.5, 0.6) is 0 Å². The summed E-state index contributed by atoms with van der Waals surface area (Å²) in [5.74, 6) is 0. The Morgan fingerprint density at radius 1 is 0.257 bits per heavy atom. The molecule has 0 spiro atoms. The van der Waals surface area contributed by atoms with Crippen molar-refractivity contribution in [3.8, 4) is 33.4 Å². The molecular formula is C70H48N2O2. The van der Waals surface area contributed by atoms with Crippen molar-refractivity contribution in [3.05, 3.63) is 266 Å². The second kappa shape index (κ2) is 17.6. The second-order valence-corrected chi connectivity index (χ2v) is 19.3. The molecule has 14 aromatic rings. The van der Waals surface area contributed by atoms with Crippen molar-refractivity contribution < 1.29 is 8.83 Å². The fourth-order valence-electron chi connectivity index (χ4n) is 11.4. The molecule has 0 saturated heterocycles. The lowest BCUT2D eigenvalue weighted by molar-refractivity contribution is 0.668. The Morgan fingerprint density at radius 2 is 0.622 bits per heavy atom. The predicted molar refractivity (Wildman–Crippen MR) is 311 cm³/mol. The molecule has 0 atom stereocenters. The highest BCUT2D eigenvalue weighted by molar-refractivity contribution is 6.09. The minimum Gasteiger partial charge on any atom is -0.456 e. The molecule has 0 N–H and O–H groups in total. The van der Waals surface area contributed by atoms with Gasteiger partial charge in [0.15, 0.2) is 0 Å². The number of hydrogen-bond donors (Lipinski definition) is 0. The number of furan rings is 2. The molecule has 74 heavy (non-hydrogen) atoms. The van der Waals surface area contributed by atoms with Crippen LogP contribution in [0.4, 0.5) is 34.1 Å². The van der Waals surface area contributed by atoms with Gasteiger partial charge in [0, 0.05) is 55.4 Å². The van der Waals surface area contributed by atoms with Gasteiger partial charge in [0.2, 0.25) is 0 Å². The highest BCUT2D eigenvalue weighted by Crippen LogP contribution is 2.48. The van der Waals surface area contributed by atoms with Gasteiger partial charge in [-0.1, -0.05) is 170 Å². The number of para-hydroxylation sites is 4. The molecule has 2 aromatic heterocycles. The Labute approximate surface area is 429 Å². The minimum atomic E-state index is 0.870. The van der Waals surface area contributed by atoms with Crippen molar-refractivity contribution in [1.29, 1.82) is 0 Å². The van der Waals surface area contributed by atoms with Crippen molar-refractivity contribution in [2.75, 3.05) is 9.80 Å². The van der Waals surface area contributed by atoms with E-state index in [-0.39, 0.29) is 0 Å². The van der Waals surface area contributed by atoms with Crippen molar-refractivity contribution in [3.63, 3.8) is 0 Å². The summed E-state index contributed by atoms with van der Waals surface area (Å²) >= 11 is 0. The third kappa shape index (κ3) is 7.22. The number of aryl methyl sites for hydroxylation is 2. The molecule has 0 radical (unpaired) electrons. The second-order valence-electron chi connectivity index (χ2n) is 19.3. The normalized spacial score (nSPS) is 11.6. The van der Waals surface area contributed by atoms with Gasteiger partial charge >= 0.3 is 0 Å². The van der Waals surface area contributed by atoms with Crippen LogP contribution in [0.15, 0.2) is 264 Å². The van der Waals surface area contributed by atoms with Crippen LogP contribution in [0.3, 0.4) is 0 Å². The van der Waals surface area contributed by atoms with Gasteiger partial charge in [-0.3, -0.25) is 0 Å². The molecular weight excluding hydrogens is 901 g/mol. The molecule has 350 valence electrons. The number of fused-ring (bicyclic) bond motifs is 8. The Morgan fingerprint density at radius 3 is 1.08 bits per heavy atom. The molecule has 0 aliphatic heterocycles. The van der Waals surface area contributed by atoms with E-state index in [9.17, 15) is 0 Å². The van der Waals surface area contributed by atoms with Crippen LogP contribution in [0.1, 0.15) is 11.1 Å². The lowest BCUT2D eigenvalue weighted by Gasteiger charge is -2.30. The summed E-state index contributed by atoms with van der Waals surface area (Å²) in [6.07, 6.45) is 0. The van der Waals surface area contributed by atoms with Gasteiger partial charge in [-0.15, -0.1) is 0 Å². The average Bonchev–Trinajstić information content (AvgIpc) is 4.04. The zero-order chi connectivity index (χ0) is 49.3. The molecule has 0 bridgehead atoms. The average molecular weight is 949 g/mol. The number of hydrogen-bond acceptors (Lipinski definition) is 4. The van der Waals surface area contributed by atoms with Crippen LogP contribution in [0.25, 0.3) is 98.8 Å². The molecule has 2 heterocycles. The first-order chi connectivity index (χ1) is 36.5. The predicted octanol–water partition coefficient (Wildman–Crippen LogP) is 20.3. The fraction of sp³-hybridized carbons (Fsp3) is 0.0286. The van der Waals surface area contributed by atoms with Gasteiger partial charge in [-0.2, -0.15) is 0 Å². The van der Waals surface area contributed by atoms with Gasteiger partial charge < -0.3 is 18.6 Å². The van der Waals surface area contributed by atoms with Crippen molar-refractivity contribution >= 4 is 99.5 Å². The molecule has 0 aliphatic carbocycles. The molecule has 0 aliphatic rings. The standard InChI is InChI=1S/C70H48N2O2/c1-45-41-49(33-37-63(45)71(51-35-39-69-61(43-51)59-25-9-13-31-67(59)73-69)65-29-11-7-23-57(65)55-27-15-19-47-17-3-5-21-53(47)55)50-34-38-64(46(2)42-50)72(52-36-40-70-62(44-52)60-26-10-14-32-68(60)74-70)66-30-12-8-24-58(66)56-28-16-20-48-18-4-6-22-54(48)56/h3-44H,1-2H3. The van der Waals surface area contributed by atoms with Crippen molar-refractivity contribution in [2.45, 2.75) is 13.8 Å². The molecule has 0 saturated carbocycles. The Kier molecular flexibility index (Phi) is 10.3. The zero-order valence-corrected chi connectivity index (χ0v) is 41.0. The summed E-state index contributed by atoms with van der Waals surface area (Å²) < 4.78 is 12.7. The van der Waals surface area contributed by atoms with E-state index in [0.717, 1.165) is 111 Å². The quantitative estimate of drug-likeness (QED) is 0.144. The smallest absolute Gasteiger partial charge is 0.135 e. The molecule has 4 heteroatoms. The van der Waals surface area contributed by atoms with Gasteiger partial charge in [0.05, 0.1) is 11.4 Å². The Bertz CT molecular complexity index is 4200. The monoisotopic (exact) mass is 948 g/mol. The van der Waals surface area contributed by atoms with E-state index in [0.29, 0.717) is 0 Å². The summed E-state index contributed by atoms with van der Waals surface area (Å²) in [4.78, 5) is 4.86. The summed E-state index contributed by atoms with van der Waals surface area (Å²) in [7, 11) is 0. The van der Waals surface area contributed by atoms with Crippen LogP contribution >= 0.6 is 0 Å². The number of nitrogens with zero attached hydrogens (tertiary/aromatic N) is 2. The van der Waals surface area contributed by atoms with Gasteiger partial charge in [0.25, 0.3) is 0 Å². The van der Waals surface area contributed by atoms with Crippen molar-refractivity contribution in [2.24, 2.45) is 0 Å². The van der Waals surface area contributed by atoms with Crippen LogP contribution < -0.4 is 9.80 Å². The van der Waals surface area contributed by atoms with E-state index in [1.807, 2.05) is 24.3 Å². The lowest BCUT2D eigenvalue weighted by Crippen LogP contribution is -2.13. The van der Waals surface area contributed by atoms with Gasteiger partial charge in [0.1, 0.15) is 22.3 Å². The maximum absolute atomic E-state index is 6.36. The van der Waals surface area contributed by atoms with Crippen molar-refractivity contribution in [1.82, 2.24) is 0 Å². The van der Waals surface area contributed by atoms with Gasteiger partial charge in [-0.05, 0) is 154 Å². The fourth-order valence-corrected chi connectivity index (χ4v) is 11.4. The zero-order valence-electron chi connectivity index (χ0n) is 41.0. The summed E-state index contributed by atoms with van der Waals surface area (Å²) in [6.45, 7) is 4.47. The van der Waals surface area contributed by atoms with Crippen LogP contribution in [-0.4, -0.2) is 0 Å². The number of rotatable bonds is 9. The van der Waals surface area contributed by atoms with E-state index in [2.05, 4.69) is 254 Å². The topological polar surface area (TPSA) is 32.8 Å². The molecule has 0 fully saturated rings. The summed E-state index contributed by atoms with van der Waals surface area (Å²) in [5, 5.41) is 9.23. The minimum absolute atomic E-state index is 0.870. The largest absolute Gasteiger partial charge is 0.456 e. The van der Waals surface area contributed by atoms with E-state index in [1.54, 1.807) is 0 Å². The number of benzene rings is 12. The molecule has 0 amide bonds. The van der Waals surface area contributed by atoms with Crippen LogP contribution in [0, 0.1) is 13.8 Å². The van der Waals surface area contributed by atoms with Gasteiger partial charge in [-0.25, -0.2) is 0 Å². The molecule has 12 aromatic carbocycles. The van der Waals surface area contributed by atoms with E-state index >= 15 is 0 Å². The third-order valence-corrected chi connectivity index (χ3v) is 14.9. The summed E-state index contributed by atoms with van der Waals surface area (Å²) in [6, 6.07) is 91.8. The molecule has 14 rings (SSSR count). The highest BCUT2D eigenvalue weighted by atomic mass is 16.3. The van der Waals surface area contributed by atoms with Crippen LogP contribution in [0.2, 0.25) is 0 Å². The van der Waals surface area contributed by atoms with E-state index in [4.69, 9.17) is 8.83 Å². The molecule has 0 unspecified atom stereocenters. The maximum atomic E-state index is 6.36. The van der Waals surface area contributed by atoms with Crippen LogP contribution in [-0.2, 0) is 0 Å². The number of anilines is 6. The SMILES string of the molecule is Cc1cc(-c2ccc(N(c3ccc4oc5ccccc5c4c3)c3ccccc3-c3cccc4ccccc34)c(C)c2)ccc1N(c1ccc2oc3ccccc3c2c1)c1ccccc1-c1cccc2ccccc12. The maximum Gasteiger partial charge on any atom is 0.135 e. The highest BCUT2D eigenvalue weighted by Gasteiger charge is 2.24. The third-order valence-electron chi connectivity index (χ3n) is 14.9. The summed E-state index contributed by atoms with van der Waals surface area (Å²) in [5.41, 5.74) is 19.3. The van der Waals surface area contributed by atoms with E-state index < -0.39 is 0 Å². The first-order valence-corrected chi connectivity index (χ1v) is 25.3. The van der Waals surface area contributed by atoms with E-state index in [1.165, 1.54) is 32.7 Å². The lowest BCUT2D eigenvalue weighted by atomic mass is 9.94. The molecule has 4 nitrogen and oxygen atoms in total. The first-order valence-electron chi connectivity index (χ1n) is 25.3.